The van der Waals surface area contributed by atoms with Gasteiger partial charge in [-0.3, -0.25) is 0 Å². The maximum absolute atomic E-state index is 13.5. The second-order valence-corrected chi connectivity index (χ2v) is 3.72. The van der Waals surface area contributed by atoms with Gasteiger partial charge in [-0.25, -0.2) is 4.39 Å². The molecule has 4 heteroatoms. The maximum Gasteiger partial charge on any atom is 0.165 e. The number of methoxy groups -OCH3 is 1. The summed E-state index contributed by atoms with van der Waals surface area (Å²) < 4.78 is 23.7. The van der Waals surface area contributed by atoms with Crippen molar-refractivity contribution in [2.24, 2.45) is 0 Å². The topological polar surface area (TPSA) is 38.7 Å². The molecule has 1 N–H and O–H groups in total. The Bertz CT molecular complexity index is 339. The Morgan fingerprint density at radius 2 is 2.06 bits per heavy atom. The fourth-order valence-electron chi connectivity index (χ4n) is 1.17. The van der Waals surface area contributed by atoms with Gasteiger partial charge in [-0.2, -0.15) is 0 Å². The summed E-state index contributed by atoms with van der Waals surface area (Å²) in [5.74, 6) is -0.296. The van der Waals surface area contributed by atoms with Gasteiger partial charge in [-0.15, -0.1) is 0 Å². The van der Waals surface area contributed by atoms with Crippen LogP contribution in [0.1, 0.15) is 25.5 Å². The van der Waals surface area contributed by atoms with Crippen LogP contribution in [0, 0.1) is 5.82 Å². The highest BCUT2D eigenvalue weighted by Crippen LogP contribution is 2.22. The van der Waals surface area contributed by atoms with Gasteiger partial charge in [-0.05, 0) is 31.5 Å². The number of hydrogen-bond acceptors (Lipinski definition) is 3. The van der Waals surface area contributed by atoms with E-state index < -0.39 is 11.9 Å². The third kappa shape index (κ3) is 3.47. The van der Waals surface area contributed by atoms with Gasteiger partial charge in [0.05, 0.1) is 12.2 Å². The van der Waals surface area contributed by atoms with Crippen molar-refractivity contribution in [2.45, 2.75) is 26.1 Å². The van der Waals surface area contributed by atoms with Crippen molar-refractivity contribution in [3.8, 4) is 5.75 Å². The average Bonchev–Trinajstić information content (AvgIpc) is 2.26. The van der Waals surface area contributed by atoms with E-state index in [1.54, 1.807) is 20.1 Å². The number of rotatable bonds is 5. The second-order valence-electron chi connectivity index (χ2n) is 3.72. The van der Waals surface area contributed by atoms with E-state index in [1.165, 1.54) is 12.1 Å². The molecule has 90 valence electrons. The average molecular weight is 228 g/mol. The molecule has 3 nitrogen and oxygen atoms in total. The van der Waals surface area contributed by atoms with Crippen molar-refractivity contribution >= 4 is 0 Å². The molecule has 0 aliphatic heterocycles. The minimum absolute atomic E-state index is 0.0872. The zero-order valence-electron chi connectivity index (χ0n) is 9.74. The molecule has 2 unspecified atom stereocenters. The Labute approximate surface area is 94.8 Å². The predicted octanol–water partition coefficient (Wildman–Crippen LogP) is 2.29. The number of ether oxygens (including phenoxy) is 2. The fourth-order valence-corrected chi connectivity index (χ4v) is 1.17. The van der Waals surface area contributed by atoms with E-state index in [-0.39, 0.29) is 11.9 Å². The first-order chi connectivity index (χ1) is 7.54. The normalized spacial score (nSPS) is 14.6. The van der Waals surface area contributed by atoms with Gasteiger partial charge in [0.15, 0.2) is 11.6 Å². The lowest BCUT2D eigenvalue weighted by atomic mass is 10.1. The lowest BCUT2D eigenvalue weighted by molar-refractivity contribution is 0.0701. The molecule has 0 saturated heterocycles. The van der Waals surface area contributed by atoms with Gasteiger partial charge in [0.2, 0.25) is 0 Å². The molecule has 1 aromatic rings. The maximum atomic E-state index is 13.5. The van der Waals surface area contributed by atoms with E-state index in [0.29, 0.717) is 12.2 Å². The van der Waals surface area contributed by atoms with Crippen molar-refractivity contribution < 1.29 is 19.0 Å². The molecule has 0 bridgehead atoms. The minimum atomic E-state index is -0.679. The smallest absolute Gasteiger partial charge is 0.165 e. The number of benzene rings is 1. The summed E-state index contributed by atoms with van der Waals surface area (Å²) in [6.45, 7) is 3.71. The molecule has 0 aromatic heterocycles. The first-order valence-electron chi connectivity index (χ1n) is 5.17. The molecule has 16 heavy (non-hydrogen) atoms. The third-order valence-electron chi connectivity index (χ3n) is 2.31. The van der Waals surface area contributed by atoms with E-state index in [4.69, 9.17) is 9.47 Å². The van der Waals surface area contributed by atoms with Crippen LogP contribution in [0.3, 0.4) is 0 Å². The summed E-state index contributed by atoms with van der Waals surface area (Å²) in [5, 5.41) is 9.27. The van der Waals surface area contributed by atoms with Gasteiger partial charge in [0, 0.05) is 7.11 Å². The minimum Gasteiger partial charge on any atom is -0.488 e. The molecule has 1 aromatic carbocycles. The van der Waals surface area contributed by atoms with Crippen LogP contribution in [0.5, 0.6) is 5.75 Å². The highest BCUT2D eigenvalue weighted by Gasteiger charge is 2.09. The molecular weight excluding hydrogens is 211 g/mol. The van der Waals surface area contributed by atoms with Crippen LogP contribution in [-0.4, -0.2) is 24.9 Å². The second kappa shape index (κ2) is 5.82. The molecular formula is C12H17FO3. The van der Waals surface area contributed by atoms with Crippen molar-refractivity contribution in [1.82, 2.24) is 0 Å². The summed E-state index contributed by atoms with van der Waals surface area (Å²) in [7, 11) is 1.57. The van der Waals surface area contributed by atoms with Crippen molar-refractivity contribution in [1.29, 1.82) is 0 Å². The number of hydrogen-bond donors (Lipinski definition) is 1. The zero-order valence-corrected chi connectivity index (χ0v) is 9.74. The van der Waals surface area contributed by atoms with Crippen molar-refractivity contribution in [2.75, 3.05) is 13.7 Å². The van der Waals surface area contributed by atoms with Gasteiger partial charge < -0.3 is 14.6 Å². The fraction of sp³-hybridized carbons (Fsp3) is 0.500. The van der Waals surface area contributed by atoms with Crippen LogP contribution in [0.15, 0.2) is 18.2 Å². The highest BCUT2D eigenvalue weighted by molar-refractivity contribution is 5.30. The largest absolute Gasteiger partial charge is 0.488 e. The van der Waals surface area contributed by atoms with E-state index in [2.05, 4.69) is 0 Å². The molecule has 2 atom stereocenters. The number of halogens is 1. The van der Waals surface area contributed by atoms with E-state index in [1.807, 2.05) is 6.92 Å². The molecule has 0 heterocycles. The lowest BCUT2D eigenvalue weighted by Gasteiger charge is -2.13. The predicted molar refractivity (Wildman–Crippen MR) is 59.0 cm³/mol. The first kappa shape index (κ1) is 12.9. The molecule has 0 radical (unpaired) electrons. The van der Waals surface area contributed by atoms with Crippen molar-refractivity contribution in [3.05, 3.63) is 29.6 Å². The lowest BCUT2D eigenvalue weighted by Crippen LogP contribution is -2.16. The number of aliphatic hydroxyl groups is 1. The Morgan fingerprint density at radius 3 is 2.56 bits per heavy atom. The quantitative estimate of drug-likeness (QED) is 0.840. The van der Waals surface area contributed by atoms with Crippen LogP contribution >= 0.6 is 0 Å². The summed E-state index contributed by atoms with van der Waals surface area (Å²) >= 11 is 0. The summed E-state index contributed by atoms with van der Waals surface area (Å²) in [6.07, 6.45) is -0.766. The van der Waals surface area contributed by atoms with Gasteiger partial charge >= 0.3 is 0 Å². The van der Waals surface area contributed by atoms with Gasteiger partial charge in [0.25, 0.3) is 0 Å². The Balaban J connectivity index is 2.68. The number of aliphatic hydroxyl groups excluding tert-OH is 1. The Hall–Kier alpha value is -1.13. The Morgan fingerprint density at radius 1 is 1.38 bits per heavy atom. The van der Waals surface area contributed by atoms with Gasteiger partial charge in [0.1, 0.15) is 6.61 Å². The standard InChI is InChI=1S/C12H17FO3/c1-8(15-3)7-16-12-5-4-10(9(2)14)6-11(12)13/h4-6,8-9,14H,7H2,1-3H3. The molecule has 0 saturated carbocycles. The zero-order chi connectivity index (χ0) is 12.1. The molecule has 0 amide bonds. The van der Waals surface area contributed by atoms with Crippen molar-refractivity contribution in [3.63, 3.8) is 0 Å². The summed E-state index contributed by atoms with van der Waals surface area (Å²) in [5.41, 5.74) is 0.532. The van der Waals surface area contributed by atoms with E-state index in [9.17, 15) is 9.50 Å². The van der Waals surface area contributed by atoms with Crippen LogP contribution in [0.4, 0.5) is 4.39 Å². The van der Waals surface area contributed by atoms with Crippen LogP contribution in [-0.2, 0) is 4.74 Å². The van der Waals surface area contributed by atoms with Crippen LogP contribution in [0.25, 0.3) is 0 Å². The molecule has 0 aliphatic rings. The Kier molecular flexibility index (Phi) is 4.71. The summed E-state index contributed by atoms with van der Waals surface area (Å²) in [6, 6.07) is 4.43. The van der Waals surface area contributed by atoms with Gasteiger partial charge in [-0.1, -0.05) is 6.07 Å². The molecule has 1 rings (SSSR count). The SMILES string of the molecule is COC(C)COc1ccc(C(C)O)cc1F. The third-order valence-corrected chi connectivity index (χ3v) is 2.31. The van der Waals surface area contributed by atoms with E-state index >= 15 is 0 Å². The molecule has 0 fully saturated rings. The van der Waals surface area contributed by atoms with E-state index in [0.717, 1.165) is 0 Å². The molecule has 0 aliphatic carbocycles. The van der Waals surface area contributed by atoms with Crippen LogP contribution in [0.2, 0.25) is 0 Å². The highest BCUT2D eigenvalue weighted by atomic mass is 19.1. The molecule has 0 spiro atoms. The monoisotopic (exact) mass is 228 g/mol. The first-order valence-corrected chi connectivity index (χ1v) is 5.17. The summed E-state index contributed by atoms with van der Waals surface area (Å²) in [4.78, 5) is 0. The van der Waals surface area contributed by atoms with Crippen LogP contribution < -0.4 is 4.74 Å².